The van der Waals surface area contributed by atoms with E-state index in [2.05, 4.69) is 35.1 Å². The van der Waals surface area contributed by atoms with Crippen molar-refractivity contribution in [3.8, 4) is 0 Å². The van der Waals surface area contributed by atoms with Gasteiger partial charge in [-0.05, 0) is 49.4 Å². The SMILES string of the molecule is Cc1cc(NC(=O)C(CN)CC(C)C)cc(C)c1Br. The average Bonchev–Trinajstić information content (AvgIpc) is 2.32. The van der Waals surface area contributed by atoms with Crippen molar-refractivity contribution in [2.24, 2.45) is 17.6 Å². The van der Waals surface area contributed by atoms with Gasteiger partial charge in [-0.25, -0.2) is 0 Å². The number of nitrogens with one attached hydrogen (secondary N) is 1. The Balaban J connectivity index is 2.81. The normalized spacial score (nSPS) is 12.6. The number of anilines is 1. The minimum atomic E-state index is -0.121. The van der Waals surface area contributed by atoms with Crippen LogP contribution >= 0.6 is 15.9 Å². The summed E-state index contributed by atoms with van der Waals surface area (Å²) in [6, 6.07) is 3.94. The van der Waals surface area contributed by atoms with Crippen LogP contribution in [0.1, 0.15) is 31.4 Å². The van der Waals surface area contributed by atoms with E-state index in [1.165, 1.54) is 0 Å². The molecule has 0 aromatic heterocycles. The average molecular weight is 327 g/mol. The van der Waals surface area contributed by atoms with E-state index in [1.54, 1.807) is 0 Å². The lowest BCUT2D eigenvalue weighted by Gasteiger charge is -2.17. The van der Waals surface area contributed by atoms with Crippen molar-refractivity contribution in [2.75, 3.05) is 11.9 Å². The van der Waals surface area contributed by atoms with Gasteiger partial charge in [0.2, 0.25) is 5.91 Å². The highest BCUT2D eigenvalue weighted by Gasteiger charge is 2.18. The zero-order valence-electron chi connectivity index (χ0n) is 12.1. The Kier molecular flexibility index (Phi) is 6.01. The molecule has 0 heterocycles. The number of hydrogen-bond donors (Lipinski definition) is 2. The number of benzene rings is 1. The van der Waals surface area contributed by atoms with Crippen LogP contribution in [0.3, 0.4) is 0 Å². The second kappa shape index (κ2) is 7.06. The Bertz CT molecular complexity index is 434. The van der Waals surface area contributed by atoms with Gasteiger partial charge in [0.05, 0.1) is 5.92 Å². The smallest absolute Gasteiger partial charge is 0.228 e. The fraction of sp³-hybridized carbons (Fsp3) is 0.533. The molecule has 0 saturated carbocycles. The van der Waals surface area contributed by atoms with Gasteiger partial charge >= 0.3 is 0 Å². The van der Waals surface area contributed by atoms with Crippen LogP contribution in [-0.4, -0.2) is 12.5 Å². The van der Waals surface area contributed by atoms with E-state index in [9.17, 15) is 4.79 Å². The summed E-state index contributed by atoms with van der Waals surface area (Å²) in [5.41, 5.74) is 8.76. The number of amides is 1. The number of aryl methyl sites for hydroxylation is 2. The van der Waals surface area contributed by atoms with Gasteiger partial charge in [-0.15, -0.1) is 0 Å². The van der Waals surface area contributed by atoms with Crippen molar-refractivity contribution in [3.05, 3.63) is 27.7 Å². The first-order valence-electron chi connectivity index (χ1n) is 6.62. The molecule has 0 fully saturated rings. The second-order valence-electron chi connectivity index (χ2n) is 5.48. The van der Waals surface area contributed by atoms with Gasteiger partial charge in [-0.2, -0.15) is 0 Å². The quantitative estimate of drug-likeness (QED) is 0.868. The van der Waals surface area contributed by atoms with Gasteiger partial charge in [0.25, 0.3) is 0 Å². The number of rotatable bonds is 5. The largest absolute Gasteiger partial charge is 0.330 e. The van der Waals surface area contributed by atoms with Crippen LogP contribution in [0.5, 0.6) is 0 Å². The molecule has 0 saturated heterocycles. The summed E-state index contributed by atoms with van der Waals surface area (Å²) in [6.07, 6.45) is 0.816. The van der Waals surface area contributed by atoms with Gasteiger partial charge in [-0.1, -0.05) is 29.8 Å². The molecule has 1 atom stereocenters. The molecule has 3 nitrogen and oxygen atoms in total. The molecule has 1 aromatic carbocycles. The molecule has 0 aliphatic carbocycles. The maximum Gasteiger partial charge on any atom is 0.228 e. The molecule has 19 heavy (non-hydrogen) atoms. The monoisotopic (exact) mass is 326 g/mol. The number of carbonyl (C=O) groups is 1. The molecule has 4 heteroatoms. The predicted octanol–water partition coefficient (Wildman–Crippen LogP) is 3.63. The van der Waals surface area contributed by atoms with Crippen molar-refractivity contribution in [1.29, 1.82) is 0 Å². The van der Waals surface area contributed by atoms with Crippen molar-refractivity contribution in [3.63, 3.8) is 0 Å². The summed E-state index contributed by atoms with van der Waals surface area (Å²) in [4.78, 5) is 12.2. The van der Waals surface area contributed by atoms with Crippen molar-refractivity contribution in [2.45, 2.75) is 34.1 Å². The van der Waals surface area contributed by atoms with Gasteiger partial charge in [0.1, 0.15) is 0 Å². The van der Waals surface area contributed by atoms with E-state index in [-0.39, 0.29) is 11.8 Å². The van der Waals surface area contributed by atoms with Crippen LogP contribution in [0.15, 0.2) is 16.6 Å². The molecular weight excluding hydrogens is 304 g/mol. The third-order valence-corrected chi connectivity index (χ3v) is 4.37. The Morgan fingerprint density at radius 3 is 2.26 bits per heavy atom. The zero-order valence-corrected chi connectivity index (χ0v) is 13.7. The Morgan fingerprint density at radius 1 is 1.32 bits per heavy atom. The lowest BCUT2D eigenvalue weighted by molar-refractivity contribution is -0.120. The first-order chi connectivity index (χ1) is 8.85. The Hall–Kier alpha value is -0.870. The van der Waals surface area contributed by atoms with Crippen LogP contribution in [0.2, 0.25) is 0 Å². The molecule has 0 spiro atoms. The molecule has 3 N–H and O–H groups in total. The van der Waals surface area contributed by atoms with Crippen molar-refractivity contribution in [1.82, 2.24) is 0 Å². The number of carbonyl (C=O) groups excluding carboxylic acids is 1. The van der Waals surface area contributed by atoms with Gasteiger partial charge in [0.15, 0.2) is 0 Å². The standard InChI is InChI=1S/C15H23BrN2O/c1-9(2)5-12(8-17)15(19)18-13-6-10(3)14(16)11(4)7-13/h6-7,9,12H,5,8,17H2,1-4H3,(H,18,19). The molecule has 0 bridgehead atoms. The summed E-state index contributed by atoms with van der Waals surface area (Å²) in [6.45, 7) is 8.62. The van der Waals surface area contributed by atoms with Gasteiger partial charge in [-0.3, -0.25) is 4.79 Å². The molecular formula is C15H23BrN2O. The molecule has 1 rings (SSSR count). The first-order valence-corrected chi connectivity index (χ1v) is 7.42. The highest BCUT2D eigenvalue weighted by atomic mass is 79.9. The number of hydrogen-bond acceptors (Lipinski definition) is 2. The molecule has 1 amide bonds. The van der Waals surface area contributed by atoms with Crippen LogP contribution in [0, 0.1) is 25.7 Å². The third-order valence-electron chi connectivity index (χ3n) is 3.12. The molecule has 1 aromatic rings. The van der Waals surface area contributed by atoms with Crippen molar-refractivity contribution < 1.29 is 4.79 Å². The van der Waals surface area contributed by atoms with E-state index in [0.29, 0.717) is 12.5 Å². The van der Waals surface area contributed by atoms with E-state index >= 15 is 0 Å². The zero-order chi connectivity index (χ0) is 14.6. The summed E-state index contributed by atoms with van der Waals surface area (Å²) < 4.78 is 1.09. The summed E-state index contributed by atoms with van der Waals surface area (Å²) in [5, 5.41) is 2.97. The summed E-state index contributed by atoms with van der Waals surface area (Å²) in [5.74, 6) is 0.356. The second-order valence-corrected chi connectivity index (χ2v) is 6.27. The van der Waals surface area contributed by atoms with E-state index in [4.69, 9.17) is 5.73 Å². The molecule has 0 aliphatic rings. The summed E-state index contributed by atoms with van der Waals surface area (Å²) in [7, 11) is 0. The first kappa shape index (κ1) is 16.2. The highest BCUT2D eigenvalue weighted by Crippen LogP contribution is 2.25. The lowest BCUT2D eigenvalue weighted by atomic mass is 9.96. The molecule has 106 valence electrons. The van der Waals surface area contributed by atoms with Gasteiger partial charge < -0.3 is 11.1 Å². The van der Waals surface area contributed by atoms with Crippen LogP contribution in [0.4, 0.5) is 5.69 Å². The maximum atomic E-state index is 12.2. The Morgan fingerprint density at radius 2 is 1.84 bits per heavy atom. The van der Waals surface area contributed by atoms with Crippen LogP contribution < -0.4 is 11.1 Å². The van der Waals surface area contributed by atoms with E-state index < -0.39 is 0 Å². The van der Waals surface area contributed by atoms with Crippen LogP contribution in [-0.2, 0) is 4.79 Å². The number of halogens is 1. The van der Waals surface area contributed by atoms with E-state index in [1.807, 2.05) is 26.0 Å². The highest BCUT2D eigenvalue weighted by molar-refractivity contribution is 9.10. The predicted molar refractivity (Wildman–Crippen MR) is 84.2 cm³/mol. The maximum absolute atomic E-state index is 12.2. The minimum absolute atomic E-state index is 0.0114. The molecule has 0 aliphatic heterocycles. The molecule has 0 radical (unpaired) electrons. The van der Waals surface area contributed by atoms with E-state index in [0.717, 1.165) is 27.7 Å². The van der Waals surface area contributed by atoms with Crippen molar-refractivity contribution >= 4 is 27.5 Å². The third kappa shape index (κ3) is 4.62. The van der Waals surface area contributed by atoms with Gasteiger partial charge in [0, 0.05) is 16.7 Å². The fourth-order valence-electron chi connectivity index (χ4n) is 2.14. The molecule has 1 unspecified atom stereocenters. The Labute approximate surface area is 124 Å². The lowest BCUT2D eigenvalue weighted by Crippen LogP contribution is -2.30. The minimum Gasteiger partial charge on any atom is -0.330 e. The number of nitrogens with two attached hydrogens (primary N) is 1. The van der Waals surface area contributed by atoms with Crippen LogP contribution in [0.25, 0.3) is 0 Å². The fourth-order valence-corrected chi connectivity index (χ4v) is 2.37. The summed E-state index contributed by atoms with van der Waals surface area (Å²) >= 11 is 3.52. The topological polar surface area (TPSA) is 55.1 Å².